The highest BCUT2D eigenvalue weighted by Crippen LogP contribution is 1.93. The second-order valence-electron chi connectivity index (χ2n) is 1.85. The summed E-state index contributed by atoms with van der Waals surface area (Å²) in [7, 11) is 0. The van der Waals surface area contributed by atoms with Gasteiger partial charge in [0.2, 0.25) is 6.41 Å². The smallest absolute Gasteiger partial charge is 0.207 e. The zero-order valence-corrected chi connectivity index (χ0v) is 9.45. The van der Waals surface area contributed by atoms with Gasteiger partial charge in [-0.2, -0.15) is 0 Å². The van der Waals surface area contributed by atoms with Crippen molar-refractivity contribution in [1.82, 2.24) is 10.3 Å². The third-order valence-electron chi connectivity index (χ3n) is 1.14. The molecule has 1 aromatic rings. The maximum absolute atomic E-state index is 9.85. The molecular formula is C11H20N2O. The summed E-state index contributed by atoms with van der Waals surface area (Å²) in [6.07, 6.45) is 4.07. The van der Waals surface area contributed by atoms with Gasteiger partial charge in [0.25, 0.3) is 0 Å². The highest BCUT2D eigenvalue weighted by atomic mass is 16.1. The summed E-state index contributed by atoms with van der Waals surface area (Å²) in [6.45, 7) is 8.58. The summed E-state index contributed by atoms with van der Waals surface area (Å²) >= 11 is 0. The second-order valence-corrected chi connectivity index (χ2v) is 1.85. The molecule has 3 nitrogen and oxygen atoms in total. The first-order valence-corrected chi connectivity index (χ1v) is 4.99. The van der Waals surface area contributed by atoms with E-state index in [-0.39, 0.29) is 0 Å². The molecule has 0 bridgehead atoms. The van der Waals surface area contributed by atoms with Crippen molar-refractivity contribution in [3.63, 3.8) is 0 Å². The molecule has 0 radical (unpaired) electrons. The molecule has 1 heterocycles. The van der Waals surface area contributed by atoms with Crippen LogP contribution in [0, 0.1) is 0 Å². The Morgan fingerprint density at radius 3 is 2.14 bits per heavy atom. The Bertz CT molecular complexity index is 200. The highest BCUT2D eigenvalue weighted by molar-refractivity contribution is 5.46. The Labute approximate surface area is 86.6 Å². The van der Waals surface area contributed by atoms with Crippen LogP contribution in [0.4, 0.5) is 0 Å². The first-order chi connectivity index (χ1) is 6.93. The Balaban J connectivity index is 0. The molecule has 0 aliphatic carbocycles. The van der Waals surface area contributed by atoms with Crippen molar-refractivity contribution in [1.29, 1.82) is 0 Å². The molecule has 1 rings (SSSR count). The van der Waals surface area contributed by atoms with Crippen molar-refractivity contribution in [2.75, 3.05) is 0 Å². The fraction of sp³-hybridized carbons (Fsp3) is 0.455. The van der Waals surface area contributed by atoms with Crippen LogP contribution in [0.15, 0.2) is 24.5 Å². The number of hydrogen-bond donors (Lipinski definition) is 1. The van der Waals surface area contributed by atoms with E-state index in [2.05, 4.69) is 10.3 Å². The largest absolute Gasteiger partial charge is 0.355 e. The van der Waals surface area contributed by atoms with Gasteiger partial charge in [0.05, 0.1) is 0 Å². The predicted molar refractivity (Wildman–Crippen MR) is 59.8 cm³/mol. The van der Waals surface area contributed by atoms with Gasteiger partial charge >= 0.3 is 0 Å². The molecule has 14 heavy (non-hydrogen) atoms. The van der Waals surface area contributed by atoms with E-state index < -0.39 is 0 Å². The van der Waals surface area contributed by atoms with Gasteiger partial charge in [-0.05, 0) is 17.7 Å². The van der Waals surface area contributed by atoms with Crippen LogP contribution in [0.25, 0.3) is 0 Å². The number of carbonyl (C=O) groups is 1. The van der Waals surface area contributed by atoms with Crippen LogP contribution in [0.3, 0.4) is 0 Å². The normalized spacial score (nSPS) is 7.14. The molecule has 1 N–H and O–H groups in total. The average molecular weight is 196 g/mol. The van der Waals surface area contributed by atoms with Crippen LogP contribution in [0.5, 0.6) is 0 Å². The Morgan fingerprint density at radius 1 is 1.21 bits per heavy atom. The molecule has 3 heteroatoms. The number of nitrogens with one attached hydrogen (secondary N) is 1. The highest BCUT2D eigenvalue weighted by Gasteiger charge is 1.86. The van der Waals surface area contributed by atoms with Crippen LogP contribution >= 0.6 is 0 Å². The summed E-state index contributed by atoms with van der Waals surface area (Å²) in [5, 5.41) is 2.56. The lowest BCUT2D eigenvalue weighted by molar-refractivity contribution is -0.109. The lowest BCUT2D eigenvalue weighted by atomic mass is 10.3. The summed E-state index contributed by atoms with van der Waals surface area (Å²) in [4.78, 5) is 13.7. The second kappa shape index (κ2) is 14.2. The topological polar surface area (TPSA) is 42.0 Å². The van der Waals surface area contributed by atoms with E-state index in [9.17, 15) is 4.79 Å². The van der Waals surface area contributed by atoms with Crippen molar-refractivity contribution in [2.24, 2.45) is 0 Å². The number of hydrogen-bond acceptors (Lipinski definition) is 2. The third-order valence-corrected chi connectivity index (χ3v) is 1.14. The lowest BCUT2D eigenvalue weighted by Crippen LogP contribution is -2.09. The maximum Gasteiger partial charge on any atom is 0.207 e. The first kappa shape index (κ1) is 15.1. The molecule has 0 fully saturated rings. The van der Waals surface area contributed by atoms with E-state index in [1.807, 2.05) is 39.8 Å². The van der Waals surface area contributed by atoms with Gasteiger partial charge < -0.3 is 5.32 Å². The SMILES string of the molecule is CC.CC.O=CNCc1ccncc1. The minimum atomic E-state index is 0.575. The monoisotopic (exact) mass is 196 g/mol. The zero-order chi connectivity index (χ0) is 11.2. The average Bonchev–Trinajstić information content (AvgIpc) is 2.33. The van der Waals surface area contributed by atoms with E-state index >= 15 is 0 Å². The Kier molecular flexibility index (Phi) is 15.3. The van der Waals surface area contributed by atoms with Crippen LogP contribution in [0.1, 0.15) is 33.3 Å². The van der Waals surface area contributed by atoms with Crippen molar-refractivity contribution in [2.45, 2.75) is 34.2 Å². The summed E-state index contributed by atoms with van der Waals surface area (Å²) in [5.74, 6) is 0. The van der Waals surface area contributed by atoms with E-state index in [0.29, 0.717) is 13.0 Å². The number of aromatic nitrogens is 1. The minimum absolute atomic E-state index is 0.575. The molecule has 0 aliphatic heterocycles. The predicted octanol–water partition coefficient (Wildman–Crippen LogP) is 2.38. The van der Waals surface area contributed by atoms with E-state index in [1.165, 1.54) is 0 Å². The molecule has 0 unspecified atom stereocenters. The third kappa shape index (κ3) is 8.71. The van der Waals surface area contributed by atoms with Crippen LogP contribution in [0.2, 0.25) is 0 Å². The maximum atomic E-state index is 9.85. The van der Waals surface area contributed by atoms with Gasteiger partial charge in [0, 0.05) is 18.9 Å². The lowest BCUT2D eigenvalue weighted by Gasteiger charge is -1.95. The molecule has 1 amide bonds. The molecule has 80 valence electrons. The molecule has 0 spiro atoms. The van der Waals surface area contributed by atoms with Gasteiger partial charge in [-0.3, -0.25) is 9.78 Å². The van der Waals surface area contributed by atoms with E-state index in [0.717, 1.165) is 5.56 Å². The van der Waals surface area contributed by atoms with Crippen molar-refractivity contribution >= 4 is 6.41 Å². The number of amides is 1. The number of carbonyl (C=O) groups excluding carboxylic acids is 1. The number of nitrogens with zero attached hydrogens (tertiary/aromatic N) is 1. The molecule has 0 aromatic carbocycles. The molecule has 0 aliphatic rings. The minimum Gasteiger partial charge on any atom is -0.355 e. The van der Waals surface area contributed by atoms with Crippen molar-refractivity contribution < 1.29 is 4.79 Å². The van der Waals surface area contributed by atoms with E-state index in [1.54, 1.807) is 12.4 Å². The van der Waals surface area contributed by atoms with Crippen LogP contribution in [-0.2, 0) is 11.3 Å². The fourth-order valence-electron chi connectivity index (χ4n) is 0.660. The van der Waals surface area contributed by atoms with Crippen LogP contribution in [-0.4, -0.2) is 11.4 Å². The van der Waals surface area contributed by atoms with Gasteiger partial charge in [-0.15, -0.1) is 0 Å². The molecule has 0 saturated heterocycles. The van der Waals surface area contributed by atoms with E-state index in [4.69, 9.17) is 0 Å². The number of rotatable bonds is 3. The van der Waals surface area contributed by atoms with Gasteiger partial charge in [0.15, 0.2) is 0 Å². The Morgan fingerprint density at radius 2 is 1.71 bits per heavy atom. The van der Waals surface area contributed by atoms with Gasteiger partial charge in [-0.1, -0.05) is 27.7 Å². The molecule has 1 aromatic heterocycles. The first-order valence-electron chi connectivity index (χ1n) is 4.99. The molecule has 0 saturated carbocycles. The van der Waals surface area contributed by atoms with Crippen molar-refractivity contribution in [3.8, 4) is 0 Å². The molecular weight excluding hydrogens is 176 g/mol. The van der Waals surface area contributed by atoms with Crippen molar-refractivity contribution in [3.05, 3.63) is 30.1 Å². The quantitative estimate of drug-likeness (QED) is 0.754. The molecule has 0 atom stereocenters. The standard InChI is InChI=1S/C7H8N2O.2C2H6/c10-6-9-5-7-1-3-8-4-2-7;2*1-2/h1-4,6H,5H2,(H,9,10);2*1-2H3. The zero-order valence-electron chi connectivity index (χ0n) is 9.45. The number of pyridine rings is 1. The Hall–Kier alpha value is -1.38. The summed E-state index contributed by atoms with van der Waals surface area (Å²) in [6, 6.07) is 3.72. The van der Waals surface area contributed by atoms with Gasteiger partial charge in [0.1, 0.15) is 0 Å². The van der Waals surface area contributed by atoms with Crippen LogP contribution < -0.4 is 5.32 Å². The summed E-state index contributed by atoms with van der Waals surface area (Å²) < 4.78 is 0. The fourth-order valence-corrected chi connectivity index (χ4v) is 0.660. The van der Waals surface area contributed by atoms with Gasteiger partial charge in [-0.25, -0.2) is 0 Å². The summed E-state index contributed by atoms with van der Waals surface area (Å²) in [5.41, 5.74) is 1.06.